The van der Waals surface area contributed by atoms with Gasteiger partial charge >= 0.3 is 12.4 Å². The Morgan fingerprint density at radius 1 is 0.553 bits per heavy atom. The number of nitrogens with zero attached hydrogens (tertiary/aromatic N) is 4. The Kier molecular flexibility index (Phi) is 6.91. The van der Waals surface area contributed by atoms with Crippen molar-refractivity contribution in [3.05, 3.63) is 107 Å². The molecule has 0 aromatic heterocycles. The highest BCUT2D eigenvalue weighted by Crippen LogP contribution is 2.36. The standard InChI is InChI=1S/C26H12F6N4O2/c27-25(28,29)15-1-5-17(6-2-15)37-23-19-9-12-22(36-14-34)24(20(19)10-11-21(23)35-13-33)38-18-7-3-16(4-8-18)26(30,31)32/h1-12H. The quantitative estimate of drug-likeness (QED) is 0.329. The van der Waals surface area contributed by atoms with E-state index in [0.717, 1.165) is 48.5 Å². The maximum absolute atomic E-state index is 12.9. The van der Waals surface area contributed by atoms with Crippen molar-refractivity contribution < 1.29 is 35.8 Å². The summed E-state index contributed by atoms with van der Waals surface area (Å²) >= 11 is 0. The van der Waals surface area contributed by atoms with Crippen molar-refractivity contribution in [3.63, 3.8) is 0 Å². The van der Waals surface area contributed by atoms with Crippen molar-refractivity contribution in [3.8, 4) is 23.9 Å². The van der Waals surface area contributed by atoms with E-state index in [2.05, 4.69) is 9.98 Å². The van der Waals surface area contributed by atoms with Gasteiger partial charge in [-0.25, -0.2) is 0 Å². The van der Waals surface area contributed by atoms with Gasteiger partial charge in [0.15, 0.2) is 11.5 Å². The van der Waals surface area contributed by atoms with Crippen LogP contribution in [0.2, 0.25) is 0 Å². The Morgan fingerprint density at radius 3 is 1.18 bits per heavy atom. The first kappa shape index (κ1) is 26.0. The van der Waals surface area contributed by atoms with Crippen LogP contribution in [-0.4, -0.2) is 11.4 Å². The first-order valence-electron chi connectivity index (χ1n) is 10.5. The Balaban J connectivity index is 1.79. The molecule has 2 aliphatic rings. The lowest BCUT2D eigenvalue weighted by Gasteiger charge is -2.24. The third-order valence-corrected chi connectivity index (χ3v) is 5.20. The van der Waals surface area contributed by atoms with Crippen molar-refractivity contribution in [2.75, 3.05) is 0 Å². The number of aliphatic imine (C=N–C) groups is 2. The molecule has 4 rings (SSSR count). The van der Waals surface area contributed by atoms with Gasteiger partial charge in [-0.3, -0.25) is 0 Å². The summed E-state index contributed by atoms with van der Waals surface area (Å²) in [5.74, 6) is 0.000874. The van der Waals surface area contributed by atoms with Gasteiger partial charge in [0.05, 0.1) is 11.1 Å². The molecule has 0 amide bonds. The Morgan fingerprint density at radius 2 is 0.895 bits per heavy atom. The minimum Gasteiger partial charge on any atom is -0.454 e. The predicted molar refractivity (Wildman–Crippen MR) is 123 cm³/mol. The zero-order valence-corrected chi connectivity index (χ0v) is 18.8. The molecule has 0 saturated heterocycles. The Hall–Kier alpha value is -5.10. The Bertz CT molecular complexity index is 1410. The monoisotopic (exact) mass is 526 g/mol. The highest BCUT2D eigenvalue weighted by Gasteiger charge is 2.32. The number of fused-ring (bicyclic) bond motifs is 1. The highest BCUT2D eigenvalue weighted by molar-refractivity contribution is 6.15. The second-order valence-corrected chi connectivity index (χ2v) is 7.59. The van der Waals surface area contributed by atoms with Crippen LogP contribution in [-0.2, 0) is 12.4 Å². The fraction of sp³-hybridized carbons (Fsp3) is 0.0769. The van der Waals surface area contributed by atoms with Crippen molar-refractivity contribution in [2.24, 2.45) is 9.98 Å². The van der Waals surface area contributed by atoms with Gasteiger partial charge in [-0.05, 0) is 72.8 Å². The third-order valence-electron chi connectivity index (χ3n) is 5.20. The van der Waals surface area contributed by atoms with E-state index in [9.17, 15) is 26.3 Å². The number of rotatable bonds is 4. The van der Waals surface area contributed by atoms with Gasteiger partial charge in [-0.15, -0.1) is 0 Å². The highest BCUT2D eigenvalue weighted by atomic mass is 19.4. The van der Waals surface area contributed by atoms with Crippen LogP contribution < -0.4 is 9.47 Å². The summed E-state index contributed by atoms with van der Waals surface area (Å²) < 4.78 is 89.2. The lowest BCUT2D eigenvalue weighted by molar-refractivity contribution is -0.138. The molecular weight excluding hydrogens is 514 g/mol. The van der Waals surface area contributed by atoms with Crippen LogP contribution in [0, 0.1) is 22.9 Å². The summed E-state index contributed by atoms with van der Waals surface area (Å²) in [6.45, 7) is 0. The molecule has 38 heavy (non-hydrogen) atoms. The molecule has 0 spiro atoms. The van der Waals surface area contributed by atoms with E-state index in [-0.39, 0.29) is 45.6 Å². The Labute approximate surface area is 211 Å². The normalized spacial score (nSPS) is 17.4. The molecule has 190 valence electrons. The van der Waals surface area contributed by atoms with Gasteiger partial charge in [0.2, 0.25) is 12.4 Å². The van der Waals surface area contributed by atoms with Crippen molar-refractivity contribution in [2.45, 2.75) is 12.4 Å². The van der Waals surface area contributed by atoms with Crippen LogP contribution in [0.5, 0.6) is 11.5 Å². The molecule has 6 nitrogen and oxygen atoms in total. The van der Waals surface area contributed by atoms with Gasteiger partial charge in [-0.1, -0.05) is 0 Å². The lowest BCUT2D eigenvalue weighted by Crippen LogP contribution is -2.21. The number of ether oxygens (including phenoxy) is 2. The molecule has 0 radical (unpaired) electrons. The van der Waals surface area contributed by atoms with Crippen molar-refractivity contribution in [1.82, 2.24) is 0 Å². The SMILES string of the molecule is N#CN=C1C=CC2=C(Oc3ccc(C(F)(F)F)cc3)C(=NC#N)C=CC2=C1Oc1ccc(C(F)(F)F)cc1. The third kappa shape index (κ3) is 5.50. The van der Waals surface area contributed by atoms with E-state index in [1.54, 1.807) is 12.4 Å². The molecule has 0 fully saturated rings. The first-order valence-corrected chi connectivity index (χ1v) is 10.5. The van der Waals surface area contributed by atoms with Gasteiger partial charge in [0, 0.05) is 11.1 Å². The predicted octanol–water partition coefficient (Wildman–Crippen LogP) is 6.67. The lowest BCUT2D eigenvalue weighted by atomic mass is 9.90. The van der Waals surface area contributed by atoms with Gasteiger partial charge in [0.25, 0.3) is 0 Å². The summed E-state index contributed by atoms with van der Waals surface area (Å²) in [6.07, 6.45) is -0.167. The molecule has 0 saturated carbocycles. The van der Waals surface area contributed by atoms with Crippen LogP contribution in [0.1, 0.15) is 11.1 Å². The molecule has 0 aliphatic heterocycles. The number of nitriles is 2. The van der Waals surface area contributed by atoms with E-state index >= 15 is 0 Å². The van der Waals surface area contributed by atoms with E-state index in [1.807, 2.05) is 0 Å². The summed E-state index contributed by atoms with van der Waals surface area (Å²) in [5, 5.41) is 18.2. The van der Waals surface area contributed by atoms with Crippen LogP contribution in [0.3, 0.4) is 0 Å². The first-order chi connectivity index (χ1) is 18.0. The fourth-order valence-corrected chi connectivity index (χ4v) is 3.49. The second kappa shape index (κ2) is 10.1. The molecule has 2 aromatic carbocycles. The average Bonchev–Trinajstić information content (AvgIpc) is 2.86. The summed E-state index contributed by atoms with van der Waals surface area (Å²) in [6, 6.07) is 7.67. The topological polar surface area (TPSA) is 90.8 Å². The molecule has 0 atom stereocenters. The molecule has 0 heterocycles. The van der Waals surface area contributed by atoms with Gasteiger partial charge < -0.3 is 9.47 Å². The summed E-state index contributed by atoms with van der Waals surface area (Å²) in [7, 11) is 0. The smallest absolute Gasteiger partial charge is 0.416 e. The average molecular weight is 526 g/mol. The zero-order chi connectivity index (χ0) is 27.5. The van der Waals surface area contributed by atoms with Crippen LogP contribution in [0.25, 0.3) is 0 Å². The largest absolute Gasteiger partial charge is 0.454 e. The van der Waals surface area contributed by atoms with E-state index in [1.165, 1.54) is 24.3 Å². The number of alkyl halides is 6. The van der Waals surface area contributed by atoms with E-state index in [4.69, 9.17) is 20.0 Å². The summed E-state index contributed by atoms with van der Waals surface area (Å²) in [4.78, 5) is 7.38. The van der Waals surface area contributed by atoms with Crippen LogP contribution in [0.4, 0.5) is 26.3 Å². The second-order valence-electron chi connectivity index (χ2n) is 7.59. The van der Waals surface area contributed by atoms with Crippen LogP contribution in [0.15, 0.2) is 105 Å². The molecular formula is C26H12F6N4O2. The number of benzene rings is 2. The van der Waals surface area contributed by atoms with E-state index < -0.39 is 23.5 Å². The maximum Gasteiger partial charge on any atom is 0.416 e. The molecule has 0 N–H and O–H groups in total. The number of halogens is 6. The maximum atomic E-state index is 12.9. The number of allylic oxidation sites excluding steroid dienone is 6. The minimum absolute atomic E-state index is 0.00964. The minimum atomic E-state index is -4.55. The zero-order valence-electron chi connectivity index (χ0n) is 18.8. The molecule has 2 aliphatic carbocycles. The van der Waals surface area contributed by atoms with Crippen molar-refractivity contribution >= 4 is 11.4 Å². The molecule has 0 unspecified atom stereocenters. The van der Waals surface area contributed by atoms with E-state index in [0.29, 0.717) is 0 Å². The molecule has 12 heteroatoms. The molecule has 0 bridgehead atoms. The van der Waals surface area contributed by atoms with Crippen molar-refractivity contribution in [1.29, 1.82) is 10.5 Å². The summed E-state index contributed by atoms with van der Waals surface area (Å²) in [5.41, 5.74) is -1.13. The van der Waals surface area contributed by atoms with Crippen LogP contribution >= 0.6 is 0 Å². The van der Waals surface area contributed by atoms with Gasteiger partial charge in [-0.2, -0.15) is 46.9 Å². The number of hydrogen-bond acceptors (Lipinski definition) is 6. The fourth-order valence-electron chi connectivity index (χ4n) is 3.49. The number of hydrogen-bond donors (Lipinski definition) is 0. The molecule has 2 aromatic rings. The van der Waals surface area contributed by atoms with Gasteiger partial charge in [0.1, 0.15) is 22.9 Å².